The summed E-state index contributed by atoms with van der Waals surface area (Å²) in [6, 6.07) is 9.23. The molecule has 4 aromatic rings. The predicted molar refractivity (Wildman–Crippen MR) is 148 cm³/mol. The van der Waals surface area contributed by atoms with Gasteiger partial charge in [0.1, 0.15) is 11.6 Å². The Morgan fingerprint density at radius 1 is 1.10 bits per heavy atom. The number of nitrogens with one attached hydrogen (secondary N) is 2. The van der Waals surface area contributed by atoms with Crippen LogP contribution in [0.2, 0.25) is 0 Å². The molecule has 4 rings (SSSR count). The topological polar surface area (TPSA) is 109 Å². The lowest BCUT2D eigenvalue weighted by Gasteiger charge is -2.20. The standard InChI is InChI=1S/C29H30F3N5O3/c1-16-10-25-24(15-23(16)19-6-9-37(26(38)14-19)8-5-7-33-4)27(36-18(3)35-25)34-17(2)20-11-21(28(39)40)13-22(12-20)29(30,31)32/h6,9-15,17,33H,5,7-8H2,1-4H3,(H,39,40)(H,34,35,36)/t17-/m1/s1. The van der Waals surface area contributed by atoms with Crippen molar-refractivity contribution >= 4 is 22.7 Å². The van der Waals surface area contributed by atoms with E-state index in [1.54, 1.807) is 30.7 Å². The average molecular weight is 554 g/mol. The van der Waals surface area contributed by atoms with Gasteiger partial charge in [0.15, 0.2) is 0 Å². The molecule has 2 aromatic heterocycles. The molecular weight excluding hydrogens is 523 g/mol. The van der Waals surface area contributed by atoms with Gasteiger partial charge in [-0.3, -0.25) is 4.79 Å². The third kappa shape index (κ3) is 6.31. The molecule has 0 aliphatic heterocycles. The van der Waals surface area contributed by atoms with Gasteiger partial charge < -0.3 is 20.3 Å². The number of benzene rings is 2. The molecule has 1 atom stereocenters. The molecule has 2 aromatic carbocycles. The Morgan fingerprint density at radius 2 is 1.85 bits per heavy atom. The number of hydrogen-bond donors (Lipinski definition) is 3. The minimum atomic E-state index is -4.70. The highest BCUT2D eigenvalue weighted by Gasteiger charge is 2.32. The van der Waals surface area contributed by atoms with Crippen LogP contribution in [0.15, 0.2) is 53.5 Å². The first kappa shape index (κ1) is 28.8. The number of carboxylic acid groups (broad SMARTS) is 1. The van der Waals surface area contributed by atoms with Gasteiger partial charge >= 0.3 is 12.1 Å². The van der Waals surface area contributed by atoms with Crippen LogP contribution in [0.4, 0.5) is 19.0 Å². The second-order valence-corrected chi connectivity index (χ2v) is 9.72. The van der Waals surface area contributed by atoms with Crippen LogP contribution < -0.4 is 16.2 Å². The summed E-state index contributed by atoms with van der Waals surface area (Å²) in [6.07, 6.45) is -2.13. The predicted octanol–water partition coefficient (Wildman–Crippen LogP) is 5.57. The lowest BCUT2D eigenvalue weighted by Crippen LogP contribution is -2.21. The molecule has 0 unspecified atom stereocenters. The van der Waals surface area contributed by atoms with E-state index in [9.17, 15) is 27.9 Å². The van der Waals surface area contributed by atoms with Crippen molar-refractivity contribution in [2.75, 3.05) is 18.9 Å². The molecule has 0 amide bonds. The minimum Gasteiger partial charge on any atom is -0.478 e. The molecule has 0 bridgehead atoms. The number of hydrogen-bond acceptors (Lipinski definition) is 6. The lowest BCUT2D eigenvalue weighted by molar-refractivity contribution is -0.137. The fraction of sp³-hybridized carbons (Fsp3) is 0.310. The Balaban J connectivity index is 1.75. The molecular formula is C29H30F3N5O3. The molecule has 0 radical (unpaired) electrons. The zero-order valence-electron chi connectivity index (χ0n) is 22.6. The van der Waals surface area contributed by atoms with Crippen LogP contribution in [-0.4, -0.2) is 39.2 Å². The van der Waals surface area contributed by atoms with E-state index in [4.69, 9.17) is 0 Å². The molecule has 8 nitrogen and oxygen atoms in total. The quantitative estimate of drug-likeness (QED) is 0.232. The van der Waals surface area contributed by atoms with Crippen LogP contribution in [0.25, 0.3) is 22.0 Å². The number of anilines is 1. The first-order chi connectivity index (χ1) is 18.9. The van der Waals surface area contributed by atoms with Gasteiger partial charge in [-0.2, -0.15) is 13.2 Å². The van der Waals surface area contributed by atoms with Gasteiger partial charge in [-0.05, 0) is 99.4 Å². The summed E-state index contributed by atoms with van der Waals surface area (Å²) in [7, 11) is 1.86. The van der Waals surface area contributed by atoms with Gasteiger partial charge in [-0.15, -0.1) is 0 Å². The van der Waals surface area contributed by atoms with E-state index < -0.39 is 29.3 Å². The van der Waals surface area contributed by atoms with E-state index in [0.717, 1.165) is 35.7 Å². The number of halogens is 3. The molecule has 210 valence electrons. The SMILES string of the molecule is CNCCCn1ccc(-c2cc3c(N[C@H](C)c4cc(C(=O)O)cc(C(F)(F)F)c4)nc(C)nc3cc2C)cc1=O. The zero-order chi connectivity index (χ0) is 29.2. The molecule has 0 saturated heterocycles. The van der Waals surface area contributed by atoms with Gasteiger partial charge in [0.2, 0.25) is 0 Å². The Bertz CT molecular complexity index is 1630. The molecule has 0 spiro atoms. The van der Waals surface area contributed by atoms with E-state index >= 15 is 0 Å². The van der Waals surface area contributed by atoms with Crippen molar-refractivity contribution in [1.29, 1.82) is 0 Å². The van der Waals surface area contributed by atoms with E-state index in [1.165, 1.54) is 6.07 Å². The van der Waals surface area contributed by atoms with Crippen molar-refractivity contribution in [3.05, 3.63) is 87.1 Å². The van der Waals surface area contributed by atoms with Crippen molar-refractivity contribution in [3.63, 3.8) is 0 Å². The minimum absolute atomic E-state index is 0.126. The largest absolute Gasteiger partial charge is 0.478 e. The van der Waals surface area contributed by atoms with E-state index in [1.807, 2.05) is 32.2 Å². The number of aryl methyl sites for hydroxylation is 3. The van der Waals surface area contributed by atoms with Crippen molar-refractivity contribution < 1.29 is 23.1 Å². The smallest absolute Gasteiger partial charge is 0.416 e. The Morgan fingerprint density at radius 3 is 2.50 bits per heavy atom. The summed E-state index contributed by atoms with van der Waals surface area (Å²) in [6.45, 7) is 6.64. The number of carboxylic acids is 1. The van der Waals surface area contributed by atoms with Gasteiger partial charge in [0.05, 0.1) is 22.7 Å². The third-order valence-electron chi connectivity index (χ3n) is 6.67. The number of aromatic carboxylic acids is 1. The Hall–Kier alpha value is -4.25. The fourth-order valence-corrected chi connectivity index (χ4v) is 4.58. The number of pyridine rings is 1. The summed E-state index contributed by atoms with van der Waals surface area (Å²) >= 11 is 0. The summed E-state index contributed by atoms with van der Waals surface area (Å²) < 4.78 is 42.1. The molecule has 0 fully saturated rings. The summed E-state index contributed by atoms with van der Waals surface area (Å²) in [5.41, 5.74) is 1.55. The van der Waals surface area contributed by atoms with Gasteiger partial charge in [0, 0.05) is 24.2 Å². The number of aromatic nitrogens is 3. The van der Waals surface area contributed by atoms with Crippen LogP contribution in [0, 0.1) is 13.8 Å². The highest BCUT2D eigenvalue weighted by atomic mass is 19.4. The molecule has 0 saturated carbocycles. The maximum absolute atomic E-state index is 13.5. The average Bonchev–Trinajstić information content (AvgIpc) is 2.88. The normalized spacial score (nSPS) is 12.5. The summed E-state index contributed by atoms with van der Waals surface area (Å²) in [4.78, 5) is 33.3. The van der Waals surface area contributed by atoms with E-state index in [0.29, 0.717) is 35.2 Å². The monoisotopic (exact) mass is 553 g/mol. The highest BCUT2D eigenvalue weighted by Crippen LogP contribution is 2.35. The van der Waals surface area contributed by atoms with Crippen LogP contribution in [0.1, 0.15) is 52.3 Å². The lowest BCUT2D eigenvalue weighted by atomic mass is 9.98. The molecule has 0 aliphatic carbocycles. The second-order valence-electron chi connectivity index (χ2n) is 9.72. The van der Waals surface area contributed by atoms with Crippen LogP contribution >= 0.6 is 0 Å². The number of alkyl halides is 3. The Labute approximate surface area is 228 Å². The molecule has 0 aliphatic rings. The number of nitrogens with zero attached hydrogens (tertiary/aromatic N) is 3. The highest BCUT2D eigenvalue weighted by molar-refractivity contribution is 5.94. The van der Waals surface area contributed by atoms with Crippen molar-refractivity contribution in [2.24, 2.45) is 0 Å². The molecule has 40 heavy (non-hydrogen) atoms. The summed E-state index contributed by atoms with van der Waals surface area (Å²) in [5, 5.41) is 16.2. The van der Waals surface area contributed by atoms with Crippen LogP contribution in [0.5, 0.6) is 0 Å². The number of fused-ring (bicyclic) bond motifs is 1. The number of carbonyl (C=O) groups is 1. The maximum Gasteiger partial charge on any atom is 0.416 e. The first-order valence-corrected chi connectivity index (χ1v) is 12.7. The second kappa shape index (κ2) is 11.5. The Kier molecular flexibility index (Phi) is 8.24. The molecule has 11 heteroatoms. The van der Waals surface area contributed by atoms with Crippen molar-refractivity contribution in [1.82, 2.24) is 19.9 Å². The van der Waals surface area contributed by atoms with Crippen molar-refractivity contribution in [3.8, 4) is 11.1 Å². The molecule has 3 N–H and O–H groups in total. The van der Waals surface area contributed by atoms with Gasteiger partial charge in [-0.25, -0.2) is 14.8 Å². The van der Waals surface area contributed by atoms with Crippen molar-refractivity contribution in [2.45, 2.75) is 46.0 Å². The van der Waals surface area contributed by atoms with E-state index in [-0.39, 0.29) is 11.1 Å². The third-order valence-corrected chi connectivity index (χ3v) is 6.67. The van der Waals surface area contributed by atoms with Gasteiger partial charge in [0.25, 0.3) is 5.56 Å². The molecule has 2 heterocycles. The summed E-state index contributed by atoms with van der Waals surface area (Å²) in [5.74, 6) is -0.619. The van der Waals surface area contributed by atoms with Crippen LogP contribution in [-0.2, 0) is 12.7 Å². The first-order valence-electron chi connectivity index (χ1n) is 12.7. The van der Waals surface area contributed by atoms with Crippen LogP contribution in [0.3, 0.4) is 0 Å². The zero-order valence-corrected chi connectivity index (χ0v) is 22.6. The van der Waals surface area contributed by atoms with E-state index in [2.05, 4.69) is 20.6 Å². The maximum atomic E-state index is 13.5. The fourth-order valence-electron chi connectivity index (χ4n) is 4.58. The number of rotatable bonds is 9. The van der Waals surface area contributed by atoms with Gasteiger partial charge in [-0.1, -0.05) is 0 Å².